The number of hydrogen-bond acceptors (Lipinski definition) is 8. The number of carbonyl (C=O) groups excluding carboxylic acids is 2. The van der Waals surface area contributed by atoms with Crippen molar-refractivity contribution in [3.8, 4) is 23.0 Å². The quantitative estimate of drug-likeness (QED) is 0.0962. The Morgan fingerprint density at radius 1 is 0.943 bits per heavy atom. The molecule has 2 amide bonds. The van der Waals surface area contributed by atoms with E-state index in [1.165, 1.54) is 37.4 Å². The van der Waals surface area contributed by atoms with Crippen LogP contribution in [0.15, 0.2) is 42.5 Å². The summed E-state index contributed by atoms with van der Waals surface area (Å²) < 4.78 is 175. The second kappa shape index (κ2) is 22.7. The second-order valence-corrected chi connectivity index (χ2v) is 18.9. The Balaban J connectivity index is 0.00000260. The minimum atomic E-state index is -5.18. The molecule has 0 aliphatic heterocycles. The van der Waals surface area contributed by atoms with E-state index in [2.05, 4.69) is 32.3 Å². The van der Waals surface area contributed by atoms with E-state index in [4.69, 9.17) is 16.3 Å². The number of rotatable bonds is 12. The van der Waals surface area contributed by atoms with Gasteiger partial charge in [-0.15, -0.1) is 0 Å². The molecule has 3 aromatic heterocycles. The number of halogens is 11. The van der Waals surface area contributed by atoms with Gasteiger partial charge in [-0.05, 0) is 75.4 Å². The van der Waals surface area contributed by atoms with Gasteiger partial charge in [0.25, 0.3) is 5.92 Å². The van der Waals surface area contributed by atoms with Gasteiger partial charge in [0.05, 0.1) is 34.3 Å². The molecule has 0 bridgehead atoms. The van der Waals surface area contributed by atoms with Crippen LogP contribution in [0.5, 0.6) is 0 Å². The van der Waals surface area contributed by atoms with Gasteiger partial charge in [0, 0.05) is 52.5 Å². The molecule has 25 heteroatoms. The molecule has 1 aliphatic carbocycles. The maximum Gasteiger partial charge on any atom is 0.435 e. The van der Waals surface area contributed by atoms with E-state index in [-0.39, 0.29) is 49.8 Å². The molecule has 382 valence electrons. The Bertz CT molecular complexity index is 2840. The average Bonchev–Trinajstić information content (AvgIpc) is 3.92. The number of carbonyl (C=O) groups is 2. The lowest BCUT2D eigenvalue weighted by atomic mass is 9.93. The zero-order valence-corrected chi connectivity index (χ0v) is 41.4. The van der Waals surface area contributed by atoms with Crippen molar-refractivity contribution < 1.29 is 66.6 Å². The average molecular weight is 1060 g/mol. The summed E-state index contributed by atoms with van der Waals surface area (Å²) in [5.41, 5.74) is -5.03. The number of benzene rings is 2. The Labute approximate surface area is 406 Å². The first-order valence-corrected chi connectivity index (χ1v) is 24.8. The summed E-state index contributed by atoms with van der Waals surface area (Å²) in [5, 5.41) is 9.16. The first-order chi connectivity index (χ1) is 32.6. The molecule has 0 spiro atoms. The topological polar surface area (TPSA) is 141 Å². The molecule has 70 heavy (non-hydrogen) atoms. The van der Waals surface area contributed by atoms with E-state index in [9.17, 15) is 53.1 Å². The largest absolute Gasteiger partial charge is 0.449 e. The Kier molecular flexibility index (Phi) is 18.5. The Morgan fingerprint density at radius 3 is 2.11 bits per heavy atom. The molecule has 12 nitrogen and oxygen atoms in total. The first kappa shape index (κ1) is 57.0. The summed E-state index contributed by atoms with van der Waals surface area (Å²) in [6.45, 7) is 9.16. The molecule has 3 unspecified atom stereocenters. The van der Waals surface area contributed by atoms with Gasteiger partial charge in [-0.25, -0.2) is 22.8 Å². The van der Waals surface area contributed by atoms with Crippen LogP contribution in [-0.2, 0) is 69.3 Å². The molecule has 2 aromatic carbocycles. The molecule has 0 saturated carbocycles. The predicted molar refractivity (Wildman–Crippen MR) is 246 cm³/mol. The minimum Gasteiger partial charge on any atom is -0.449 e. The van der Waals surface area contributed by atoms with Gasteiger partial charge < -0.3 is 10.1 Å². The van der Waals surface area contributed by atoms with Crippen molar-refractivity contribution in [1.82, 2.24) is 29.9 Å². The van der Waals surface area contributed by atoms with Gasteiger partial charge in [0.2, 0.25) is 5.91 Å². The number of anilines is 1. The van der Waals surface area contributed by atoms with Crippen molar-refractivity contribution in [2.24, 2.45) is 0 Å². The molecule has 3 atom stereocenters. The maximum absolute atomic E-state index is 15.1. The van der Waals surface area contributed by atoms with E-state index in [0.29, 0.717) is 15.1 Å². The lowest BCUT2D eigenvalue weighted by Gasteiger charge is -2.23. The number of fused-ring (bicyclic) bond motifs is 2. The summed E-state index contributed by atoms with van der Waals surface area (Å²) in [6, 6.07) is 5.55. The van der Waals surface area contributed by atoms with Gasteiger partial charge >= 0.3 is 18.4 Å². The summed E-state index contributed by atoms with van der Waals surface area (Å²) in [5.74, 6) is -2.37. The lowest BCUT2D eigenvalue weighted by molar-refractivity contribution is -0.142. The van der Waals surface area contributed by atoms with Gasteiger partial charge in [0.1, 0.15) is 51.8 Å². The molecular formula is C45H48ClF10N7O5S2. The highest BCUT2D eigenvalue weighted by Crippen LogP contribution is 2.47. The summed E-state index contributed by atoms with van der Waals surface area (Å²) in [6.07, 6.45) is -11.4. The zero-order valence-electron chi connectivity index (χ0n) is 39.1. The normalized spacial score (nSPS) is 14.5. The van der Waals surface area contributed by atoms with E-state index in [1.807, 2.05) is 27.7 Å². The SMILES string of the molecule is CC.CC.CCOC(=O)N(c1nn(CC(F)(F)F)c2c(-c3ccc(C#CC(C)(C)S(C)=O)nc3C(Cc3cc(F)cc(F)c3)NC(=O)Cn3nc(C(F)(F)F)c4c3C(F)(F)CC4)ccc(Cl)c12)S(C)=O. The predicted octanol–water partition coefficient (Wildman–Crippen LogP) is 10.8. The standard InChI is InChI=1S/C41H36ClF10N7O5S2.2C2H6/c1-6-64-37(61)59(66(5)63)36-31-28(42)10-9-26(33(31)58(56-36)20-40(47,48)49)25-8-7-24(11-13-38(2,3)65(4)62)53-32(25)29(17-21-15-22(43)18-23(44)16-21)54-30(60)19-57-35-27(12-14-39(35,45)46)34(55-57)41(50,51)52;2*1-2/h7-10,15-16,18,29H,6,12,14,17,19-20H2,1-5H3,(H,54,60);2*1-2H3. The minimum absolute atomic E-state index is 0.124. The fourth-order valence-corrected chi connectivity index (χ4v) is 8.24. The second-order valence-electron chi connectivity index (χ2n) is 15.3. The number of nitrogens with zero attached hydrogens (tertiary/aromatic N) is 6. The van der Waals surface area contributed by atoms with Gasteiger partial charge in [-0.1, -0.05) is 51.3 Å². The summed E-state index contributed by atoms with van der Waals surface area (Å²) >= 11 is 6.62. The van der Waals surface area contributed by atoms with Crippen LogP contribution in [0.25, 0.3) is 22.0 Å². The molecule has 0 saturated heterocycles. The van der Waals surface area contributed by atoms with Gasteiger partial charge in [-0.2, -0.15) is 49.6 Å². The highest BCUT2D eigenvalue weighted by atomic mass is 35.5. The van der Waals surface area contributed by atoms with Crippen molar-refractivity contribution in [2.75, 3.05) is 23.4 Å². The highest BCUT2D eigenvalue weighted by molar-refractivity contribution is 7.86. The molecule has 0 fully saturated rings. The smallest absolute Gasteiger partial charge is 0.435 e. The van der Waals surface area contributed by atoms with Crippen LogP contribution >= 0.6 is 11.6 Å². The summed E-state index contributed by atoms with van der Waals surface area (Å²) in [7, 11) is -3.87. The number of aromatic nitrogens is 5. The van der Waals surface area contributed by atoms with Crippen LogP contribution in [0, 0.1) is 23.5 Å². The zero-order chi connectivity index (χ0) is 52.8. The van der Waals surface area contributed by atoms with Crippen molar-refractivity contribution >= 4 is 62.1 Å². The molecule has 1 N–H and O–H groups in total. The number of nitrogens with one attached hydrogen (secondary N) is 1. The number of alkyl halides is 8. The lowest BCUT2D eigenvalue weighted by Crippen LogP contribution is -2.35. The van der Waals surface area contributed by atoms with Gasteiger partial charge in [-0.3, -0.25) is 18.4 Å². The van der Waals surface area contributed by atoms with Crippen LogP contribution in [0.4, 0.5) is 54.5 Å². The fourth-order valence-electron chi connectivity index (χ4n) is 7.17. The third-order valence-corrected chi connectivity index (χ3v) is 12.8. The number of hydrogen-bond donors (Lipinski definition) is 1. The van der Waals surface area contributed by atoms with Crippen LogP contribution in [-0.4, -0.2) is 75.0 Å². The highest BCUT2D eigenvalue weighted by Gasteiger charge is 2.50. The van der Waals surface area contributed by atoms with Crippen LogP contribution < -0.4 is 9.62 Å². The molecule has 0 radical (unpaired) electrons. The Morgan fingerprint density at radius 2 is 1.56 bits per heavy atom. The number of ether oxygens (including phenoxy) is 1. The van der Waals surface area contributed by atoms with E-state index < -0.39 is 135 Å². The first-order valence-electron chi connectivity index (χ1n) is 21.4. The van der Waals surface area contributed by atoms with E-state index in [0.717, 1.165) is 18.4 Å². The third kappa shape index (κ3) is 13.0. The monoisotopic (exact) mass is 1060 g/mol. The van der Waals surface area contributed by atoms with Crippen molar-refractivity contribution in [2.45, 2.75) is 110 Å². The molecule has 5 aromatic rings. The molecule has 3 heterocycles. The molecule has 1 aliphatic rings. The molecule has 6 rings (SSSR count). The fraction of sp³-hybridized carbons (Fsp3) is 0.444. The van der Waals surface area contributed by atoms with Crippen LogP contribution in [0.3, 0.4) is 0 Å². The Hall–Kier alpha value is -5.54. The number of pyridine rings is 1. The van der Waals surface area contributed by atoms with Gasteiger partial charge in [0.15, 0.2) is 11.5 Å². The number of amides is 2. The van der Waals surface area contributed by atoms with Crippen molar-refractivity contribution in [3.05, 3.63) is 93.0 Å². The van der Waals surface area contributed by atoms with E-state index >= 15 is 8.78 Å². The van der Waals surface area contributed by atoms with Crippen molar-refractivity contribution in [3.63, 3.8) is 0 Å². The van der Waals surface area contributed by atoms with Crippen LogP contribution in [0.2, 0.25) is 5.02 Å². The molecular weight excluding hydrogens is 1010 g/mol. The van der Waals surface area contributed by atoms with Crippen LogP contribution in [0.1, 0.15) is 94.8 Å². The third-order valence-electron chi connectivity index (χ3n) is 10.1. The maximum atomic E-state index is 15.1. The van der Waals surface area contributed by atoms with Crippen molar-refractivity contribution in [1.29, 1.82) is 0 Å². The van der Waals surface area contributed by atoms with E-state index in [1.54, 1.807) is 13.8 Å². The summed E-state index contributed by atoms with van der Waals surface area (Å²) in [4.78, 5) is 31.7.